The second-order valence-corrected chi connectivity index (χ2v) is 6.24. The van der Waals surface area contributed by atoms with Crippen molar-refractivity contribution in [3.05, 3.63) is 76.1 Å². The van der Waals surface area contributed by atoms with Gasteiger partial charge in [0.25, 0.3) is 0 Å². The van der Waals surface area contributed by atoms with Crippen LogP contribution in [0.5, 0.6) is 5.75 Å². The average Bonchev–Trinajstić information content (AvgIpc) is 2.62. The first-order valence-electron chi connectivity index (χ1n) is 7.96. The highest BCUT2D eigenvalue weighted by molar-refractivity contribution is 5.85. The Hall–Kier alpha value is -2.59. The van der Waals surface area contributed by atoms with E-state index in [1.165, 1.54) is 0 Å². The summed E-state index contributed by atoms with van der Waals surface area (Å²) < 4.78 is 17.3. The highest BCUT2D eigenvalue weighted by Crippen LogP contribution is 2.45. The lowest BCUT2D eigenvalue weighted by Crippen LogP contribution is -2.41. The third-order valence-corrected chi connectivity index (χ3v) is 4.67. The van der Waals surface area contributed by atoms with Gasteiger partial charge in [-0.1, -0.05) is 42.5 Å². The quantitative estimate of drug-likeness (QED) is 0.667. The van der Waals surface area contributed by atoms with Crippen molar-refractivity contribution in [1.82, 2.24) is 0 Å². The summed E-state index contributed by atoms with van der Waals surface area (Å²) in [5.74, 6) is -0.378. The molecular weight excluding hydrogens is 304 g/mol. The van der Waals surface area contributed by atoms with Gasteiger partial charge in [0.05, 0.1) is 10.9 Å². The molecule has 0 unspecified atom stereocenters. The first-order valence-corrected chi connectivity index (χ1v) is 7.96. The van der Waals surface area contributed by atoms with Crippen LogP contribution in [-0.4, -0.2) is 12.9 Å². The van der Waals surface area contributed by atoms with Gasteiger partial charge in [-0.2, -0.15) is 0 Å². The predicted molar refractivity (Wildman–Crippen MR) is 91.4 cm³/mol. The van der Waals surface area contributed by atoms with Gasteiger partial charge in [-0.15, -0.1) is 0 Å². The van der Waals surface area contributed by atoms with Gasteiger partial charge in [0.2, 0.25) is 5.79 Å². The molecule has 0 aliphatic carbocycles. The molecule has 2 heterocycles. The van der Waals surface area contributed by atoms with E-state index in [1.54, 1.807) is 13.2 Å². The minimum atomic E-state index is -0.802. The van der Waals surface area contributed by atoms with Crippen LogP contribution in [0.4, 0.5) is 0 Å². The molecule has 1 aliphatic rings. The Bertz CT molecular complexity index is 945. The van der Waals surface area contributed by atoms with Gasteiger partial charge in [-0.05, 0) is 17.7 Å². The van der Waals surface area contributed by atoms with Crippen LogP contribution in [0, 0.1) is 0 Å². The summed E-state index contributed by atoms with van der Waals surface area (Å²) in [6.07, 6.45) is 0.545. The van der Waals surface area contributed by atoms with Crippen molar-refractivity contribution in [2.45, 2.75) is 25.0 Å². The van der Waals surface area contributed by atoms with Crippen molar-refractivity contribution in [2.75, 3.05) is 7.11 Å². The van der Waals surface area contributed by atoms with Gasteiger partial charge in [0.15, 0.2) is 0 Å². The number of hydrogen-bond donors (Lipinski definition) is 0. The zero-order chi connectivity index (χ0) is 16.7. The summed E-state index contributed by atoms with van der Waals surface area (Å²) in [5, 5.41) is 0.788. The topological polar surface area (TPSA) is 48.7 Å². The minimum Gasteiger partial charge on any atom is -0.461 e. The lowest BCUT2D eigenvalue weighted by Gasteiger charge is -2.38. The molecule has 4 heteroatoms. The molecule has 0 bridgehead atoms. The zero-order valence-electron chi connectivity index (χ0n) is 13.6. The van der Waals surface area contributed by atoms with Crippen LogP contribution in [0.15, 0.2) is 63.8 Å². The zero-order valence-corrected chi connectivity index (χ0v) is 13.6. The lowest BCUT2D eigenvalue weighted by atomic mass is 9.83. The number of rotatable bonds is 2. The lowest BCUT2D eigenvalue weighted by molar-refractivity contribution is -0.163. The highest BCUT2D eigenvalue weighted by Gasteiger charge is 2.41. The number of fused-ring (bicyclic) bond motifs is 3. The van der Waals surface area contributed by atoms with E-state index in [2.05, 4.69) is 0 Å². The third-order valence-electron chi connectivity index (χ3n) is 4.67. The van der Waals surface area contributed by atoms with E-state index < -0.39 is 5.79 Å². The number of benzene rings is 2. The number of ether oxygens (including phenoxy) is 2. The predicted octanol–water partition coefficient (Wildman–Crippen LogP) is 4.07. The largest absolute Gasteiger partial charge is 0.461 e. The molecule has 1 aromatic heterocycles. The summed E-state index contributed by atoms with van der Waals surface area (Å²) >= 11 is 0. The van der Waals surface area contributed by atoms with E-state index in [0.717, 1.165) is 10.9 Å². The molecule has 4 rings (SSSR count). The van der Waals surface area contributed by atoms with Gasteiger partial charge in [-0.3, -0.25) is 0 Å². The fourth-order valence-corrected chi connectivity index (χ4v) is 3.37. The second-order valence-electron chi connectivity index (χ2n) is 6.24. The first kappa shape index (κ1) is 15.0. The Morgan fingerprint density at radius 2 is 1.79 bits per heavy atom. The van der Waals surface area contributed by atoms with Crippen LogP contribution >= 0.6 is 0 Å². The van der Waals surface area contributed by atoms with Crippen LogP contribution in [0.25, 0.3) is 11.0 Å². The standard InChI is InChI=1S/C20H18O4/c1-20(22-2)12-15(13-8-4-3-5-9-13)17-18(24-20)14-10-6-7-11-16(14)23-19(17)21/h3-11,15H,12H2,1-2H3/t15-,20-/m0/s1. The molecule has 0 saturated carbocycles. The average molecular weight is 322 g/mol. The van der Waals surface area contributed by atoms with E-state index in [4.69, 9.17) is 13.9 Å². The molecule has 2 atom stereocenters. The smallest absolute Gasteiger partial charge is 0.343 e. The molecule has 0 spiro atoms. The summed E-state index contributed by atoms with van der Waals surface area (Å²) in [6.45, 7) is 1.90. The van der Waals surface area contributed by atoms with Crippen molar-refractivity contribution in [2.24, 2.45) is 0 Å². The molecule has 0 saturated heterocycles. The Labute approximate surface area is 139 Å². The van der Waals surface area contributed by atoms with Crippen molar-refractivity contribution in [3.8, 4) is 5.75 Å². The fourth-order valence-electron chi connectivity index (χ4n) is 3.37. The maximum Gasteiger partial charge on any atom is 0.343 e. The first-order chi connectivity index (χ1) is 11.6. The fraction of sp³-hybridized carbons (Fsp3) is 0.250. The monoisotopic (exact) mass is 322 g/mol. The summed E-state index contributed by atoms with van der Waals surface area (Å²) in [4.78, 5) is 12.7. The molecule has 122 valence electrons. The number of para-hydroxylation sites is 1. The second kappa shape index (κ2) is 5.49. The van der Waals surface area contributed by atoms with Crippen LogP contribution in [0.1, 0.15) is 30.4 Å². The maximum atomic E-state index is 12.7. The Morgan fingerprint density at radius 1 is 1.08 bits per heavy atom. The molecule has 0 amide bonds. The number of hydrogen-bond acceptors (Lipinski definition) is 4. The van der Waals surface area contributed by atoms with E-state index in [1.807, 2.05) is 55.5 Å². The van der Waals surface area contributed by atoms with Crippen LogP contribution in [-0.2, 0) is 4.74 Å². The molecule has 1 aliphatic heterocycles. The summed E-state index contributed by atoms with van der Waals surface area (Å²) in [6, 6.07) is 17.4. The molecule has 0 fully saturated rings. The van der Waals surface area contributed by atoms with E-state index >= 15 is 0 Å². The minimum absolute atomic E-state index is 0.138. The van der Waals surface area contributed by atoms with Crippen molar-refractivity contribution in [1.29, 1.82) is 0 Å². The maximum absolute atomic E-state index is 12.7. The molecule has 0 N–H and O–H groups in total. The SMILES string of the molecule is CO[C@]1(C)C[C@@H](c2ccccc2)c2c(c3ccccc3oc2=O)O1. The Kier molecular flexibility index (Phi) is 3.43. The van der Waals surface area contributed by atoms with Gasteiger partial charge in [-0.25, -0.2) is 4.79 Å². The van der Waals surface area contributed by atoms with Gasteiger partial charge >= 0.3 is 5.63 Å². The van der Waals surface area contributed by atoms with E-state index in [9.17, 15) is 4.79 Å². The Morgan fingerprint density at radius 3 is 2.54 bits per heavy atom. The van der Waals surface area contributed by atoms with E-state index in [0.29, 0.717) is 23.3 Å². The van der Waals surface area contributed by atoms with Crippen LogP contribution in [0.2, 0.25) is 0 Å². The molecule has 24 heavy (non-hydrogen) atoms. The van der Waals surface area contributed by atoms with Crippen LogP contribution in [0.3, 0.4) is 0 Å². The molecule has 0 radical (unpaired) electrons. The molecular formula is C20H18O4. The summed E-state index contributed by atoms with van der Waals surface area (Å²) in [5.41, 5.74) is 1.78. The van der Waals surface area contributed by atoms with Crippen molar-refractivity contribution in [3.63, 3.8) is 0 Å². The number of methoxy groups -OCH3 is 1. The van der Waals surface area contributed by atoms with Crippen LogP contribution < -0.4 is 10.4 Å². The normalized spacial score (nSPS) is 22.8. The molecule has 4 nitrogen and oxygen atoms in total. The van der Waals surface area contributed by atoms with Gasteiger partial charge in [0, 0.05) is 26.4 Å². The van der Waals surface area contributed by atoms with Gasteiger partial charge in [0.1, 0.15) is 11.3 Å². The van der Waals surface area contributed by atoms with E-state index in [-0.39, 0.29) is 11.5 Å². The molecule has 3 aromatic rings. The summed E-state index contributed by atoms with van der Waals surface area (Å²) in [7, 11) is 1.63. The molecule has 2 aromatic carbocycles. The van der Waals surface area contributed by atoms with Crippen molar-refractivity contribution >= 4 is 11.0 Å². The van der Waals surface area contributed by atoms with Gasteiger partial charge < -0.3 is 13.9 Å². The highest BCUT2D eigenvalue weighted by atomic mass is 16.7. The Balaban J connectivity index is 2.03. The van der Waals surface area contributed by atoms with Crippen molar-refractivity contribution < 1.29 is 13.9 Å². The third kappa shape index (κ3) is 2.31.